The van der Waals surface area contributed by atoms with Crippen LogP contribution in [0.25, 0.3) is 0 Å². The number of amides is 2. The maximum Gasteiger partial charge on any atom is 0.314 e. The number of benzene rings is 1. The van der Waals surface area contributed by atoms with E-state index in [9.17, 15) is 9.18 Å². The molecule has 1 saturated heterocycles. The van der Waals surface area contributed by atoms with Gasteiger partial charge in [-0.25, -0.2) is 9.18 Å². The molecule has 0 bridgehead atoms. The lowest BCUT2D eigenvalue weighted by molar-refractivity contribution is 0.181. The summed E-state index contributed by atoms with van der Waals surface area (Å²) in [5, 5.41) is 5.77. The molecule has 2 amide bonds. The fourth-order valence-corrected chi connectivity index (χ4v) is 3.46. The highest BCUT2D eigenvalue weighted by molar-refractivity contribution is 5.73. The van der Waals surface area contributed by atoms with E-state index in [0.717, 1.165) is 18.9 Å². The topological polar surface area (TPSA) is 44.4 Å². The van der Waals surface area contributed by atoms with Crippen LogP contribution in [0.3, 0.4) is 0 Å². The quantitative estimate of drug-likeness (QED) is 0.740. The van der Waals surface area contributed by atoms with Crippen LogP contribution in [0.4, 0.5) is 9.18 Å². The Bertz CT molecular complexity index is 562. The maximum absolute atomic E-state index is 13.9. The van der Waals surface area contributed by atoms with Crippen LogP contribution in [0.15, 0.2) is 24.3 Å². The van der Waals surface area contributed by atoms with E-state index < -0.39 is 5.41 Å². The molecule has 1 atom stereocenters. The van der Waals surface area contributed by atoms with Crippen molar-refractivity contribution in [1.82, 2.24) is 15.5 Å². The van der Waals surface area contributed by atoms with Crippen molar-refractivity contribution >= 4 is 6.03 Å². The van der Waals surface area contributed by atoms with Crippen LogP contribution >= 0.6 is 0 Å². The Labute approximate surface area is 151 Å². The molecule has 0 aromatic heterocycles. The Morgan fingerprint density at radius 2 is 2.08 bits per heavy atom. The van der Waals surface area contributed by atoms with Crippen LogP contribution in [0.1, 0.15) is 45.6 Å². The average Bonchev–Trinajstić information content (AvgIpc) is 2.57. The van der Waals surface area contributed by atoms with Gasteiger partial charge in [0.05, 0.1) is 0 Å². The van der Waals surface area contributed by atoms with E-state index in [0.29, 0.717) is 18.7 Å². The molecule has 1 heterocycles. The minimum Gasteiger partial charge on any atom is -0.338 e. The first-order valence-electron chi connectivity index (χ1n) is 9.37. The van der Waals surface area contributed by atoms with Crippen molar-refractivity contribution in [3.05, 3.63) is 35.6 Å². The lowest BCUT2D eigenvalue weighted by Gasteiger charge is -2.30. The highest BCUT2D eigenvalue weighted by atomic mass is 19.1. The van der Waals surface area contributed by atoms with Gasteiger partial charge in [0.15, 0.2) is 0 Å². The summed E-state index contributed by atoms with van der Waals surface area (Å²) in [4.78, 5) is 14.5. The molecule has 1 aromatic rings. The van der Waals surface area contributed by atoms with Crippen molar-refractivity contribution in [2.75, 3.05) is 32.7 Å². The summed E-state index contributed by atoms with van der Waals surface area (Å²) >= 11 is 0. The summed E-state index contributed by atoms with van der Waals surface area (Å²) in [5.74, 6) is 0.552. The van der Waals surface area contributed by atoms with Gasteiger partial charge in [0.25, 0.3) is 0 Å². The molecule has 1 aliphatic rings. The summed E-state index contributed by atoms with van der Waals surface area (Å²) in [6.45, 7) is 10.6. The number of urea groups is 1. The van der Waals surface area contributed by atoms with Crippen molar-refractivity contribution in [1.29, 1.82) is 0 Å². The number of piperidine rings is 1. The molecule has 1 aliphatic heterocycles. The van der Waals surface area contributed by atoms with Crippen LogP contribution in [0.5, 0.6) is 0 Å². The van der Waals surface area contributed by atoms with Gasteiger partial charge in [-0.1, -0.05) is 39.0 Å². The van der Waals surface area contributed by atoms with Crippen molar-refractivity contribution in [3.63, 3.8) is 0 Å². The monoisotopic (exact) mass is 349 g/mol. The standard InChI is InChI=1S/C20H32FN3O/c1-16-8-6-12-24(14-16)13-7-11-22-19(25)23-15-20(2,3)17-9-4-5-10-18(17)21/h4-5,9-10,16H,6-8,11-15H2,1-3H3,(H2,22,23,25). The first kappa shape index (κ1) is 19.7. The van der Waals surface area contributed by atoms with Gasteiger partial charge in [0.1, 0.15) is 5.82 Å². The number of carbonyl (C=O) groups is 1. The summed E-state index contributed by atoms with van der Waals surface area (Å²) in [5.41, 5.74) is 0.168. The molecular formula is C20H32FN3O. The SMILES string of the molecule is CC1CCCN(CCCNC(=O)NCC(C)(C)c2ccccc2F)C1. The fraction of sp³-hybridized carbons (Fsp3) is 0.650. The van der Waals surface area contributed by atoms with Crippen LogP contribution in [0.2, 0.25) is 0 Å². The highest BCUT2D eigenvalue weighted by Crippen LogP contribution is 2.24. The Hall–Kier alpha value is -1.62. The first-order chi connectivity index (χ1) is 11.9. The van der Waals surface area contributed by atoms with Gasteiger partial charge in [0, 0.05) is 25.0 Å². The summed E-state index contributed by atoms with van der Waals surface area (Å²) in [6.07, 6.45) is 3.56. The molecule has 1 aromatic carbocycles. The Kier molecular flexibility index (Phi) is 7.24. The Balaban J connectivity index is 1.66. The lowest BCUT2D eigenvalue weighted by Crippen LogP contribution is -2.43. The number of likely N-dealkylation sites (tertiary alicyclic amines) is 1. The normalized spacial score (nSPS) is 18.8. The van der Waals surface area contributed by atoms with E-state index in [-0.39, 0.29) is 11.8 Å². The zero-order chi connectivity index (χ0) is 18.3. The minimum absolute atomic E-state index is 0.184. The second-order valence-corrected chi connectivity index (χ2v) is 7.87. The molecule has 0 spiro atoms. The third-order valence-electron chi connectivity index (χ3n) is 4.97. The second kappa shape index (κ2) is 9.18. The molecular weight excluding hydrogens is 317 g/mol. The molecule has 0 saturated carbocycles. The van der Waals surface area contributed by atoms with Crippen LogP contribution in [-0.2, 0) is 5.41 Å². The van der Waals surface area contributed by atoms with E-state index in [4.69, 9.17) is 0 Å². The van der Waals surface area contributed by atoms with Gasteiger partial charge in [-0.2, -0.15) is 0 Å². The first-order valence-corrected chi connectivity index (χ1v) is 9.37. The molecule has 5 heteroatoms. The Morgan fingerprint density at radius 1 is 1.32 bits per heavy atom. The van der Waals surface area contributed by atoms with E-state index in [1.165, 1.54) is 32.0 Å². The smallest absolute Gasteiger partial charge is 0.314 e. The van der Waals surface area contributed by atoms with Crippen molar-refractivity contribution < 1.29 is 9.18 Å². The van der Waals surface area contributed by atoms with Gasteiger partial charge in [-0.3, -0.25) is 0 Å². The molecule has 0 aliphatic carbocycles. The van der Waals surface area contributed by atoms with Crippen molar-refractivity contribution in [2.45, 2.75) is 45.4 Å². The third-order valence-corrected chi connectivity index (χ3v) is 4.97. The number of rotatable bonds is 7. The van der Waals surface area contributed by atoms with Gasteiger partial charge in [-0.15, -0.1) is 0 Å². The van der Waals surface area contributed by atoms with Crippen molar-refractivity contribution in [2.24, 2.45) is 5.92 Å². The molecule has 0 radical (unpaired) electrons. The number of carbonyl (C=O) groups excluding carboxylic acids is 1. The molecule has 1 unspecified atom stereocenters. The average molecular weight is 349 g/mol. The number of hydrogen-bond donors (Lipinski definition) is 2. The van der Waals surface area contributed by atoms with E-state index >= 15 is 0 Å². The molecule has 2 N–H and O–H groups in total. The summed E-state index contributed by atoms with van der Waals surface area (Å²) < 4.78 is 13.9. The highest BCUT2D eigenvalue weighted by Gasteiger charge is 2.24. The number of hydrogen-bond acceptors (Lipinski definition) is 2. The van der Waals surface area contributed by atoms with E-state index in [2.05, 4.69) is 22.5 Å². The third kappa shape index (κ3) is 6.31. The summed E-state index contributed by atoms with van der Waals surface area (Å²) in [7, 11) is 0. The molecule has 4 nitrogen and oxygen atoms in total. The van der Waals surface area contributed by atoms with E-state index in [1.54, 1.807) is 12.1 Å². The van der Waals surface area contributed by atoms with Crippen LogP contribution < -0.4 is 10.6 Å². The maximum atomic E-state index is 13.9. The van der Waals surface area contributed by atoms with Gasteiger partial charge >= 0.3 is 6.03 Å². The largest absolute Gasteiger partial charge is 0.338 e. The molecule has 1 fully saturated rings. The zero-order valence-electron chi connectivity index (χ0n) is 15.8. The Morgan fingerprint density at radius 3 is 2.80 bits per heavy atom. The van der Waals surface area contributed by atoms with Crippen molar-refractivity contribution in [3.8, 4) is 0 Å². The van der Waals surface area contributed by atoms with Crippen LogP contribution in [-0.4, -0.2) is 43.7 Å². The molecule has 140 valence electrons. The predicted molar refractivity (Wildman–Crippen MR) is 100 cm³/mol. The summed E-state index contributed by atoms with van der Waals surface area (Å²) in [6, 6.07) is 6.55. The van der Waals surface area contributed by atoms with Gasteiger partial charge < -0.3 is 15.5 Å². The number of halogens is 1. The van der Waals surface area contributed by atoms with Gasteiger partial charge in [0.2, 0.25) is 0 Å². The minimum atomic E-state index is -0.452. The number of nitrogens with one attached hydrogen (secondary N) is 2. The van der Waals surface area contributed by atoms with Gasteiger partial charge in [-0.05, 0) is 49.9 Å². The molecule has 2 rings (SSSR count). The second-order valence-electron chi connectivity index (χ2n) is 7.87. The zero-order valence-corrected chi connectivity index (χ0v) is 15.8. The lowest BCUT2D eigenvalue weighted by atomic mass is 9.84. The van der Waals surface area contributed by atoms with E-state index in [1.807, 2.05) is 19.9 Å². The fourth-order valence-electron chi connectivity index (χ4n) is 3.46. The number of nitrogens with zero attached hydrogens (tertiary/aromatic N) is 1. The predicted octanol–water partition coefficient (Wildman–Crippen LogP) is 3.52. The van der Waals surface area contributed by atoms with Crippen LogP contribution in [0, 0.1) is 11.7 Å². The molecule has 25 heavy (non-hydrogen) atoms.